The zero-order valence-corrected chi connectivity index (χ0v) is 11.6. The number of hydrogen-bond donors (Lipinski definition) is 1. The SMILES string of the molecule is CC1CN(C)CCN1Cc1ccccc1CCN. The van der Waals surface area contributed by atoms with Gasteiger partial charge < -0.3 is 10.6 Å². The summed E-state index contributed by atoms with van der Waals surface area (Å²) in [6.45, 7) is 7.61. The Kier molecular flexibility index (Phi) is 4.75. The maximum Gasteiger partial charge on any atom is 0.0240 e. The van der Waals surface area contributed by atoms with Crippen LogP contribution < -0.4 is 5.73 Å². The maximum atomic E-state index is 5.69. The van der Waals surface area contributed by atoms with Crippen molar-refractivity contribution >= 4 is 0 Å². The summed E-state index contributed by atoms with van der Waals surface area (Å²) in [5.41, 5.74) is 8.54. The van der Waals surface area contributed by atoms with Crippen LogP contribution in [-0.4, -0.2) is 49.1 Å². The molecule has 18 heavy (non-hydrogen) atoms. The summed E-state index contributed by atoms with van der Waals surface area (Å²) >= 11 is 0. The molecular weight excluding hydrogens is 222 g/mol. The van der Waals surface area contributed by atoms with Crippen molar-refractivity contribution in [3.8, 4) is 0 Å². The summed E-state index contributed by atoms with van der Waals surface area (Å²) in [7, 11) is 2.20. The van der Waals surface area contributed by atoms with Crippen molar-refractivity contribution < 1.29 is 0 Å². The Morgan fingerprint density at radius 3 is 2.61 bits per heavy atom. The highest BCUT2D eigenvalue weighted by atomic mass is 15.3. The molecule has 1 unspecified atom stereocenters. The Bertz CT molecular complexity index is 378. The lowest BCUT2D eigenvalue weighted by atomic mass is 10.0. The Morgan fingerprint density at radius 1 is 1.22 bits per heavy atom. The van der Waals surface area contributed by atoms with Gasteiger partial charge in [-0.25, -0.2) is 0 Å². The van der Waals surface area contributed by atoms with Crippen LogP contribution in [0, 0.1) is 0 Å². The minimum atomic E-state index is 0.634. The molecule has 1 atom stereocenters. The highest BCUT2D eigenvalue weighted by Gasteiger charge is 2.21. The fourth-order valence-corrected chi connectivity index (χ4v) is 2.74. The first-order chi connectivity index (χ1) is 8.70. The lowest BCUT2D eigenvalue weighted by Crippen LogP contribution is -2.49. The monoisotopic (exact) mass is 247 g/mol. The van der Waals surface area contributed by atoms with Gasteiger partial charge >= 0.3 is 0 Å². The van der Waals surface area contributed by atoms with Crippen molar-refractivity contribution in [1.82, 2.24) is 9.80 Å². The molecule has 1 aliphatic heterocycles. The van der Waals surface area contributed by atoms with Gasteiger partial charge in [-0.15, -0.1) is 0 Å². The summed E-state index contributed by atoms with van der Waals surface area (Å²) in [5, 5.41) is 0. The second kappa shape index (κ2) is 6.32. The molecule has 0 bridgehead atoms. The van der Waals surface area contributed by atoms with E-state index in [4.69, 9.17) is 5.73 Å². The van der Waals surface area contributed by atoms with Crippen LogP contribution in [0.15, 0.2) is 24.3 Å². The number of rotatable bonds is 4. The molecule has 0 radical (unpaired) electrons. The molecular formula is C15H25N3. The second-order valence-corrected chi connectivity index (χ2v) is 5.39. The summed E-state index contributed by atoms with van der Waals surface area (Å²) in [5.74, 6) is 0. The summed E-state index contributed by atoms with van der Waals surface area (Å²) in [4.78, 5) is 4.99. The summed E-state index contributed by atoms with van der Waals surface area (Å²) in [6, 6.07) is 9.34. The van der Waals surface area contributed by atoms with Crippen LogP contribution in [0.1, 0.15) is 18.1 Å². The number of likely N-dealkylation sites (N-methyl/N-ethyl adjacent to an activating group) is 1. The number of hydrogen-bond acceptors (Lipinski definition) is 3. The van der Waals surface area contributed by atoms with Gasteiger partial charge in [-0.05, 0) is 38.1 Å². The number of piperazine rings is 1. The van der Waals surface area contributed by atoms with Gasteiger partial charge in [-0.2, -0.15) is 0 Å². The van der Waals surface area contributed by atoms with Crippen LogP contribution in [-0.2, 0) is 13.0 Å². The number of nitrogens with zero attached hydrogens (tertiary/aromatic N) is 2. The van der Waals surface area contributed by atoms with Gasteiger partial charge in [-0.3, -0.25) is 4.90 Å². The van der Waals surface area contributed by atoms with E-state index in [1.54, 1.807) is 0 Å². The fraction of sp³-hybridized carbons (Fsp3) is 0.600. The molecule has 0 spiro atoms. The fourth-order valence-electron chi connectivity index (χ4n) is 2.74. The number of benzene rings is 1. The van der Waals surface area contributed by atoms with E-state index in [1.807, 2.05) is 0 Å². The first kappa shape index (κ1) is 13.5. The molecule has 2 rings (SSSR count). The van der Waals surface area contributed by atoms with E-state index in [-0.39, 0.29) is 0 Å². The van der Waals surface area contributed by atoms with Gasteiger partial charge in [0.25, 0.3) is 0 Å². The Labute approximate surface area is 111 Å². The number of nitrogens with two attached hydrogens (primary N) is 1. The molecule has 100 valence electrons. The third kappa shape index (κ3) is 3.31. The molecule has 1 aromatic rings. The quantitative estimate of drug-likeness (QED) is 0.871. The lowest BCUT2D eigenvalue weighted by molar-refractivity contribution is 0.0936. The molecule has 1 heterocycles. The minimum absolute atomic E-state index is 0.634. The molecule has 3 nitrogen and oxygen atoms in total. The first-order valence-electron chi connectivity index (χ1n) is 6.90. The Hall–Kier alpha value is -0.900. The Morgan fingerprint density at radius 2 is 1.94 bits per heavy atom. The Balaban J connectivity index is 2.04. The lowest BCUT2D eigenvalue weighted by Gasteiger charge is -2.38. The molecule has 1 aliphatic rings. The van der Waals surface area contributed by atoms with Crippen LogP contribution in [0.2, 0.25) is 0 Å². The van der Waals surface area contributed by atoms with Crippen molar-refractivity contribution in [2.24, 2.45) is 5.73 Å². The van der Waals surface area contributed by atoms with Crippen molar-refractivity contribution in [2.45, 2.75) is 25.9 Å². The van der Waals surface area contributed by atoms with E-state index in [9.17, 15) is 0 Å². The van der Waals surface area contributed by atoms with E-state index in [0.717, 1.165) is 26.1 Å². The van der Waals surface area contributed by atoms with Crippen LogP contribution in [0.5, 0.6) is 0 Å². The van der Waals surface area contributed by atoms with Gasteiger partial charge in [0.05, 0.1) is 0 Å². The second-order valence-electron chi connectivity index (χ2n) is 5.39. The predicted octanol–water partition coefficient (Wildman–Crippen LogP) is 1.32. The van der Waals surface area contributed by atoms with Gasteiger partial charge in [-0.1, -0.05) is 24.3 Å². The molecule has 2 N–H and O–H groups in total. The van der Waals surface area contributed by atoms with Crippen molar-refractivity contribution in [2.75, 3.05) is 33.2 Å². The third-order valence-electron chi connectivity index (χ3n) is 3.87. The van der Waals surface area contributed by atoms with Crippen molar-refractivity contribution in [3.05, 3.63) is 35.4 Å². The smallest absolute Gasteiger partial charge is 0.0240 e. The third-order valence-corrected chi connectivity index (χ3v) is 3.87. The molecule has 3 heteroatoms. The normalized spacial score (nSPS) is 22.3. The minimum Gasteiger partial charge on any atom is -0.330 e. The van der Waals surface area contributed by atoms with Gasteiger partial charge in [0.1, 0.15) is 0 Å². The van der Waals surface area contributed by atoms with Crippen LogP contribution in [0.3, 0.4) is 0 Å². The zero-order valence-electron chi connectivity index (χ0n) is 11.6. The summed E-state index contributed by atoms with van der Waals surface area (Å²) < 4.78 is 0. The maximum absolute atomic E-state index is 5.69. The van der Waals surface area contributed by atoms with E-state index >= 15 is 0 Å². The van der Waals surface area contributed by atoms with Crippen molar-refractivity contribution in [1.29, 1.82) is 0 Å². The van der Waals surface area contributed by atoms with E-state index < -0.39 is 0 Å². The van der Waals surface area contributed by atoms with Gasteiger partial charge in [0.15, 0.2) is 0 Å². The predicted molar refractivity (Wildman–Crippen MR) is 76.6 cm³/mol. The first-order valence-corrected chi connectivity index (χ1v) is 6.90. The largest absolute Gasteiger partial charge is 0.330 e. The highest BCUT2D eigenvalue weighted by molar-refractivity contribution is 5.27. The standard InChI is InChI=1S/C15H25N3/c1-13-11-17(2)9-10-18(13)12-15-6-4-3-5-14(15)7-8-16/h3-6,13H,7-12,16H2,1-2H3. The average molecular weight is 247 g/mol. The van der Waals surface area contributed by atoms with E-state index in [1.165, 1.54) is 24.2 Å². The highest BCUT2D eigenvalue weighted by Crippen LogP contribution is 2.16. The van der Waals surface area contributed by atoms with Crippen molar-refractivity contribution in [3.63, 3.8) is 0 Å². The van der Waals surface area contributed by atoms with Gasteiger partial charge in [0, 0.05) is 32.2 Å². The molecule has 1 fully saturated rings. The molecule has 0 saturated carbocycles. The van der Waals surface area contributed by atoms with E-state index in [2.05, 4.69) is 48.0 Å². The summed E-state index contributed by atoms with van der Waals surface area (Å²) in [6.07, 6.45) is 0.984. The molecule has 1 saturated heterocycles. The molecule has 1 aromatic carbocycles. The zero-order chi connectivity index (χ0) is 13.0. The molecule has 0 amide bonds. The molecule has 0 aliphatic carbocycles. The van der Waals surface area contributed by atoms with Gasteiger partial charge in [0.2, 0.25) is 0 Å². The average Bonchev–Trinajstić information content (AvgIpc) is 2.35. The topological polar surface area (TPSA) is 32.5 Å². The van der Waals surface area contributed by atoms with E-state index in [0.29, 0.717) is 6.04 Å². The molecule has 0 aromatic heterocycles. The van der Waals surface area contributed by atoms with Crippen LogP contribution in [0.4, 0.5) is 0 Å². The van der Waals surface area contributed by atoms with Crippen LogP contribution in [0.25, 0.3) is 0 Å². The van der Waals surface area contributed by atoms with Crippen LogP contribution >= 0.6 is 0 Å².